The molecule has 1 aromatic rings. The second-order valence-electron chi connectivity index (χ2n) is 6.92. The molecule has 0 radical (unpaired) electrons. The van der Waals surface area contributed by atoms with Crippen molar-refractivity contribution in [2.24, 2.45) is 0 Å². The van der Waals surface area contributed by atoms with Crippen LogP contribution in [0.25, 0.3) is 0 Å². The number of rotatable bonds is 10. The number of nitrogens with zero attached hydrogens (tertiary/aromatic N) is 1. The molecule has 0 unspecified atom stereocenters. The first-order valence-corrected chi connectivity index (χ1v) is 8.70. The van der Waals surface area contributed by atoms with Gasteiger partial charge in [-0.25, -0.2) is 4.79 Å². The van der Waals surface area contributed by atoms with E-state index in [1.54, 1.807) is 41.1 Å². The molecule has 1 rings (SSSR count). The lowest BCUT2D eigenvalue weighted by atomic mass is 10.1. The van der Waals surface area contributed by atoms with Crippen molar-refractivity contribution < 1.29 is 23.9 Å². The zero-order valence-electron chi connectivity index (χ0n) is 16.5. The van der Waals surface area contributed by atoms with E-state index >= 15 is 0 Å². The number of benzene rings is 1. The molecule has 0 aliphatic heterocycles. The number of alkyl carbamates (subject to hydrolysis) is 1. The van der Waals surface area contributed by atoms with Gasteiger partial charge in [0.25, 0.3) is 5.69 Å². The van der Waals surface area contributed by atoms with Crippen LogP contribution in [0.4, 0.5) is 16.2 Å². The van der Waals surface area contributed by atoms with Crippen LogP contribution in [0.3, 0.4) is 0 Å². The number of carbonyl (C=O) groups is 1. The summed E-state index contributed by atoms with van der Waals surface area (Å²) in [5, 5.41) is 16.9. The van der Waals surface area contributed by atoms with Gasteiger partial charge in [-0.05, 0) is 39.7 Å². The van der Waals surface area contributed by atoms with Gasteiger partial charge < -0.3 is 24.8 Å². The Labute approximate surface area is 159 Å². The molecule has 9 nitrogen and oxygen atoms in total. The Balaban J connectivity index is 2.73. The zero-order chi connectivity index (χ0) is 20.4. The number of ether oxygens (including phenoxy) is 3. The van der Waals surface area contributed by atoms with Crippen molar-refractivity contribution in [1.29, 1.82) is 0 Å². The van der Waals surface area contributed by atoms with Crippen LogP contribution in [0.2, 0.25) is 0 Å². The standard InChI is InChI=1S/C18H29N3O6/c1-18(2,3)27-17(22)20-12-13-11-14(21(23)24)8-9-15(13)19-10-6-7-16(25-4)26-5/h8-9,11,16,19H,6-7,10,12H2,1-5H3,(H,20,22). The molecule has 0 fully saturated rings. The van der Waals surface area contributed by atoms with E-state index < -0.39 is 16.6 Å². The van der Waals surface area contributed by atoms with Crippen LogP contribution in [0.1, 0.15) is 39.2 Å². The van der Waals surface area contributed by atoms with Crippen LogP contribution in [-0.4, -0.2) is 43.7 Å². The Kier molecular flexibility index (Phi) is 8.96. The molecule has 0 aromatic heterocycles. The van der Waals surface area contributed by atoms with Gasteiger partial charge in [0.1, 0.15) is 5.60 Å². The molecule has 0 heterocycles. The van der Waals surface area contributed by atoms with Crippen LogP contribution < -0.4 is 10.6 Å². The molecule has 0 atom stereocenters. The van der Waals surface area contributed by atoms with Gasteiger partial charge in [-0.15, -0.1) is 0 Å². The maximum atomic E-state index is 11.8. The van der Waals surface area contributed by atoms with Gasteiger partial charge >= 0.3 is 6.09 Å². The molecule has 2 N–H and O–H groups in total. The van der Waals surface area contributed by atoms with E-state index in [4.69, 9.17) is 14.2 Å². The second-order valence-corrected chi connectivity index (χ2v) is 6.92. The number of hydrogen-bond donors (Lipinski definition) is 2. The minimum Gasteiger partial charge on any atom is -0.444 e. The highest BCUT2D eigenvalue weighted by Crippen LogP contribution is 2.22. The first kappa shape index (κ1) is 22.7. The van der Waals surface area contributed by atoms with Crippen molar-refractivity contribution in [1.82, 2.24) is 5.32 Å². The fourth-order valence-electron chi connectivity index (χ4n) is 2.32. The summed E-state index contributed by atoms with van der Waals surface area (Å²) in [5.41, 5.74) is 0.654. The first-order valence-electron chi connectivity index (χ1n) is 8.70. The van der Waals surface area contributed by atoms with Crippen LogP contribution in [0.15, 0.2) is 18.2 Å². The Morgan fingerprint density at radius 3 is 2.48 bits per heavy atom. The molecule has 27 heavy (non-hydrogen) atoms. The number of carbonyl (C=O) groups excluding carboxylic acids is 1. The van der Waals surface area contributed by atoms with E-state index in [2.05, 4.69) is 10.6 Å². The minimum atomic E-state index is -0.618. The highest BCUT2D eigenvalue weighted by molar-refractivity contribution is 5.68. The lowest BCUT2D eigenvalue weighted by Gasteiger charge is -2.20. The van der Waals surface area contributed by atoms with Gasteiger partial charge in [0.05, 0.1) is 4.92 Å². The summed E-state index contributed by atoms with van der Waals surface area (Å²) in [6.07, 6.45) is 0.640. The highest BCUT2D eigenvalue weighted by atomic mass is 16.7. The Morgan fingerprint density at radius 2 is 1.93 bits per heavy atom. The Morgan fingerprint density at radius 1 is 1.26 bits per heavy atom. The number of amides is 1. The molecule has 0 saturated carbocycles. The normalized spacial score (nSPS) is 11.3. The van der Waals surface area contributed by atoms with Crippen molar-refractivity contribution in [2.75, 3.05) is 26.1 Å². The Hall–Kier alpha value is -2.39. The average molecular weight is 383 g/mol. The van der Waals surface area contributed by atoms with Crippen LogP contribution in [0.5, 0.6) is 0 Å². The van der Waals surface area contributed by atoms with Gasteiger partial charge in [0, 0.05) is 50.7 Å². The molecule has 152 valence electrons. The molecule has 0 aliphatic carbocycles. The van der Waals surface area contributed by atoms with Gasteiger partial charge in [-0.2, -0.15) is 0 Å². The predicted molar refractivity (Wildman–Crippen MR) is 102 cm³/mol. The van der Waals surface area contributed by atoms with E-state index in [9.17, 15) is 14.9 Å². The van der Waals surface area contributed by atoms with E-state index in [1.165, 1.54) is 12.1 Å². The SMILES string of the molecule is COC(CCCNc1ccc([N+](=O)[O-])cc1CNC(=O)OC(C)(C)C)OC. The summed E-state index contributed by atoms with van der Waals surface area (Å²) in [5.74, 6) is 0. The lowest BCUT2D eigenvalue weighted by molar-refractivity contribution is -0.384. The summed E-state index contributed by atoms with van der Waals surface area (Å²) in [6.45, 7) is 6.03. The first-order chi connectivity index (χ1) is 12.7. The fourth-order valence-corrected chi connectivity index (χ4v) is 2.32. The molecule has 0 aliphatic rings. The number of methoxy groups -OCH3 is 2. The molecule has 0 bridgehead atoms. The number of non-ortho nitro benzene ring substituents is 1. The summed E-state index contributed by atoms with van der Waals surface area (Å²) >= 11 is 0. The number of nitro benzene ring substituents is 1. The van der Waals surface area contributed by atoms with E-state index in [1.807, 2.05) is 0 Å². The third-order valence-corrected chi connectivity index (χ3v) is 3.58. The van der Waals surface area contributed by atoms with E-state index in [0.29, 0.717) is 24.2 Å². The molecule has 0 saturated heterocycles. The number of nitrogens with one attached hydrogen (secondary N) is 2. The highest BCUT2D eigenvalue weighted by Gasteiger charge is 2.17. The number of anilines is 1. The van der Waals surface area contributed by atoms with Crippen molar-refractivity contribution in [3.05, 3.63) is 33.9 Å². The number of hydrogen-bond acceptors (Lipinski definition) is 7. The summed E-state index contributed by atoms with van der Waals surface area (Å²) < 4.78 is 15.5. The maximum Gasteiger partial charge on any atom is 0.407 e. The maximum absolute atomic E-state index is 11.8. The minimum absolute atomic E-state index is 0.0413. The van der Waals surface area contributed by atoms with Gasteiger partial charge in [0.2, 0.25) is 0 Å². The topological polar surface area (TPSA) is 112 Å². The van der Waals surface area contributed by atoms with Crippen LogP contribution in [-0.2, 0) is 20.8 Å². The third kappa shape index (κ3) is 8.69. The second kappa shape index (κ2) is 10.7. The van der Waals surface area contributed by atoms with Crippen molar-refractivity contribution >= 4 is 17.5 Å². The quantitative estimate of drug-likeness (QED) is 0.275. The molecular formula is C18H29N3O6. The fraction of sp³-hybridized carbons (Fsp3) is 0.611. The smallest absolute Gasteiger partial charge is 0.407 e. The van der Waals surface area contributed by atoms with Crippen LogP contribution >= 0.6 is 0 Å². The van der Waals surface area contributed by atoms with E-state index in [-0.39, 0.29) is 18.5 Å². The predicted octanol–water partition coefficient (Wildman–Crippen LogP) is 3.43. The largest absolute Gasteiger partial charge is 0.444 e. The summed E-state index contributed by atoms with van der Waals surface area (Å²) in [6, 6.07) is 4.49. The monoisotopic (exact) mass is 383 g/mol. The molecule has 9 heteroatoms. The van der Waals surface area contributed by atoms with Gasteiger partial charge in [-0.1, -0.05) is 0 Å². The zero-order valence-corrected chi connectivity index (χ0v) is 16.5. The van der Waals surface area contributed by atoms with Gasteiger partial charge in [-0.3, -0.25) is 10.1 Å². The number of nitro groups is 1. The summed E-state index contributed by atoms with van der Waals surface area (Å²) in [7, 11) is 3.16. The molecule has 1 aromatic carbocycles. The van der Waals surface area contributed by atoms with Crippen molar-refractivity contribution in [2.45, 2.75) is 52.0 Å². The van der Waals surface area contributed by atoms with Crippen LogP contribution in [0, 0.1) is 10.1 Å². The Bertz CT molecular complexity index is 626. The molecular weight excluding hydrogens is 354 g/mol. The average Bonchev–Trinajstić information content (AvgIpc) is 2.59. The van der Waals surface area contributed by atoms with Gasteiger partial charge in [0.15, 0.2) is 6.29 Å². The van der Waals surface area contributed by atoms with Crippen molar-refractivity contribution in [3.8, 4) is 0 Å². The third-order valence-electron chi connectivity index (χ3n) is 3.58. The summed E-state index contributed by atoms with van der Waals surface area (Å²) in [4.78, 5) is 22.4. The lowest BCUT2D eigenvalue weighted by Crippen LogP contribution is -2.32. The van der Waals surface area contributed by atoms with Crippen molar-refractivity contribution in [3.63, 3.8) is 0 Å². The molecule has 1 amide bonds. The molecule has 0 spiro atoms. The van der Waals surface area contributed by atoms with E-state index in [0.717, 1.165) is 6.42 Å².